The molecule has 0 amide bonds. The Labute approximate surface area is 83.0 Å². The van der Waals surface area contributed by atoms with Crippen LogP contribution in [0, 0.1) is 0 Å². The van der Waals surface area contributed by atoms with Gasteiger partial charge in [0.1, 0.15) is 0 Å². The largest absolute Gasteiger partial charge is 0.130 e. The zero-order valence-electron chi connectivity index (χ0n) is 8.89. The van der Waals surface area contributed by atoms with Crippen LogP contribution in [0.3, 0.4) is 0 Å². The summed E-state index contributed by atoms with van der Waals surface area (Å²) in [6.45, 7) is 5.84. The standard InChI is InChI=1S/C13H22/c1-3-5-7-9-11-13-12-10-8-6-4-2/h3,6,10H,1,4-5,7,9,11-13H2,2H3. The fraction of sp³-hybridized carbons (Fsp3) is 0.615. The van der Waals surface area contributed by atoms with Gasteiger partial charge < -0.3 is 0 Å². The number of rotatable bonds is 8. The van der Waals surface area contributed by atoms with Crippen LogP contribution >= 0.6 is 0 Å². The summed E-state index contributed by atoms with van der Waals surface area (Å²) >= 11 is 0. The van der Waals surface area contributed by atoms with Gasteiger partial charge in [-0.25, -0.2) is 0 Å². The van der Waals surface area contributed by atoms with Crippen molar-refractivity contribution in [2.45, 2.75) is 51.9 Å². The van der Waals surface area contributed by atoms with E-state index in [0.717, 1.165) is 6.42 Å². The first kappa shape index (κ1) is 12.3. The monoisotopic (exact) mass is 178 g/mol. The van der Waals surface area contributed by atoms with E-state index in [9.17, 15) is 0 Å². The molecule has 0 N–H and O–H groups in total. The molecule has 0 spiro atoms. The van der Waals surface area contributed by atoms with Gasteiger partial charge in [0.25, 0.3) is 0 Å². The second-order valence-corrected chi connectivity index (χ2v) is 3.26. The van der Waals surface area contributed by atoms with Gasteiger partial charge in [-0.1, -0.05) is 25.8 Å². The summed E-state index contributed by atoms with van der Waals surface area (Å²) in [6.07, 6.45) is 15.0. The van der Waals surface area contributed by atoms with Crippen LogP contribution in [-0.4, -0.2) is 0 Å². The van der Waals surface area contributed by atoms with Crippen molar-refractivity contribution in [3.63, 3.8) is 0 Å². The highest BCUT2D eigenvalue weighted by molar-refractivity contribution is 4.83. The zero-order chi connectivity index (χ0) is 9.78. The lowest BCUT2D eigenvalue weighted by atomic mass is 10.1. The Morgan fingerprint density at radius 3 is 2.31 bits per heavy atom. The van der Waals surface area contributed by atoms with Gasteiger partial charge in [0.2, 0.25) is 0 Å². The van der Waals surface area contributed by atoms with Crippen molar-refractivity contribution in [2.75, 3.05) is 0 Å². The third-order valence-corrected chi connectivity index (χ3v) is 1.95. The molecule has 0 saturated heterocycles. The molecule has 0 rings (SSSR count). The van der Waals surface area contributed by atoms with Crippen molar-refractivity contribution >= 4 is 0 Å². The van der Waals surface area contributed by atoms with Gasteiger partial charge in [0.05, 0.1) is 0 Å². The Balaban J connectivity index is 3.07. The Hall–Kier alpha value is -0.740. The molecule has 0 bridgehead atoms. The summed E-state index contributed by atoms with van der Waals surface area (Å²) in [5.74, 6) is 0. The molecule has 0 heteroatoms. The molecule has 0 nitrogen and oxygen atoms in total. The third-order valence-electron chi connectivity index (χ3n) is 1.95. The van der Waals surface area contributed by atoms with Gasteiger partial charge in [0.15, 0.2) is 0 Å². The van der Waals surface area contributed by atoms with E-state index in [1.165, 1.54) is 38.5 Å². The molecule has 0 aromatic carbocycles. The van der Waals surface area contributed by atoms with Crippen LogP contribution in [0.4, 0.5) is 0 Å². The van der Waals surface area contributed by atoms with Crippen LogP contribution in [0.5, 0.6) is 0 Å². The van der Waals surface area contributed by atoms with Crippen molar-refractivity contribution in [1.82, 2.24) is 0 Å². The molecule has 0 heterocycles. The van der Waals surface area contributed by atoms with Gasteiger partial charge in [-0.2, -0.15) is 0 Å². The van der Waals surface area contributed by atoms with Crippen LogP contribution < -0.4 is 0 Å². The van der Waals surface area contributed by atoms with Crippen molar-refractivity contribution in [3.8, 4) is 0 Å². The van der Waals surface area contributed by atoms with Crippen LogP contribution in [0.1, 0.15) is 51.9 Å². The molecule has 0 aromatic rings. The molecule has 13 heavy (non-hydrogen) atoms. The highest BCUT2D eigenvalue weighted by Gasteiger charge is 1.86. The average molecular weight is 178 g/mol. The van der Waals surface area contributed by atoms with Crippen LogP contribution in [0.2, 0.25) is 0 Å². The Morgan fingerprint density at radius 2 is 1.69 bits per heavy atom. The van der Waals surface area contributed by atoms with Crippen molar-refractivity contribution < 1.29 is 0 Å². The molecule has 0 aliphatic carbocycles. The minimum atomic E-state index is 1.09. The minimum absolute atomic E-state index is 1.09. The smallest absolute Gasteiger partial charge is 0.0274 e. The molecule has 0 radical (unpaired) electrons. The summed E-state index contributed by atoms with van der Waals surface area (Å²) in [7, 11) is 0. The van der Waals surface area contributed by atoms with E-state index in [1.54, 1.807) is 0 Å². The lowest BCUT2D eigenvalue weighted by Crippen LogP contribution is -1.75. The van der Waals surface area contributed by atoms with Crippen LogP contribution in [0.15, 0.2) is 30.5 Å². The van der Waals surface area contributed by atoms with Gasteiger partial charge in [-0.15, -0.1) is 12.3 Å². The lowest BCUT2D eigenvalue weighted by Gasteiger charge is -1.95. The van der Waals surface area contributed by atoms with E-state index in [0.29, 0.717) is 0 Å². The van der Waals surface area contributed by atoms with Crippen LogP contribution in [-0.2, 0) is 0 Å². The summed E-state index contributed by atoms with van der Waals surface area (Å²) in [6, 6.07) is 0. The predicted molar refractivity (Wildman–Crippen MR) is 60.8 cm³/mol. The molecular weight excluding hydrogens is 156 g/mol. The Kier molecular flexibility index (Phi) is 10.6. The summed E-state index contributed by atoms with van der Waals surface area (Å²) in [5.41, 5.74) is 3.17. The molecule has 0 aromatic heterocycles. The Morgan fingerprint density at radius 1 is 1.00 bits per heavy atom. The number of hydrogen-bond donors (Lipinski definition) is 0. The molecule has 74 valence electrons. The Bertz CT molecular complexity index is 159. The van der Waals surface area contributed by atoms with Gasteiger partial charge in [0, 0.05) is 0 Å². The van der Waals surface area contributed by atoms with Crippen LogP contribution in [0.25, 0.3) is 0 Å². The summed E-state index contributed by atoms with van der Waals surface area (Å²) < 4.78 is 0. The molecule has 0 fully saturated rings. The number of hydrogen-bond acceptors (Lipinski definition) is 0. The topological polar surface area (TPSA) is 0 Å². The molecule has 0 atom stereocenters. The fourth-order valence-corrected chi connectivity index (χ4v) is 1.17. The van der Waals surface area contributed by atoms with E-state index in [-0.39, 0.29) is 0 Å². The van der Waals surface area contributed by atoms with E-state index in [4.69, 9.17) is 0 Å². The van der Waals surface area contributed by atoms with Gasteiger partial charge >= 0.3 is 0 Å². The van der Waals surface area contributed by atoms with Crippen molar-refractivity contribution in [2.24, 2.45) is 0 Å². The quantitative estimate of drug-likeness (QED) is 0.289. The summed E-state index contributed by atoms with van der Waals surface area (Å²) in [5, 5.41) is 0. The number of unbranched alkanes of at least 4 members (excludes halogenated alkanes) is 5. The molecular formula is C13H22. The molecule has 0 saturated carbocycles. The maximum absolute atomic E-state index is 3.71. The average Bonchev–Trinajstić information content (AvgIpc) is 2.16. The first-order valence-corrected chi connectivity index (χ1v) is 5.42. The number of allylic oxidation sites excluding steroid dienone is 2. The van der Waals surface area contributed by atoms with Crippen molar-refractivity contribution in [3.05, 3.63) is 30.5 Å². The maximum Gasteiger partial charge on any atom is -0.0274 e. The zero-order valence-corrected chi connectivity index (χ0v) is 8.89. The van der Waals surface area contributed by atoms with Crippen molar-refractivity contribution in [1.29, 1.82) is 0 Å². The van der Waals surface area contributed by atoms with E-state index < -0.39 is 0 Å². The van der Waals surface area contributed by atoms with E-state index in [1.807, 2.05) is 6.08 Å². The second-order valence-electron chi connectivity index (χ2n) is 3.26. The highest BCUT2D eigenvalue weighted by Crippen LogP contribution is 2.05. The third kappa shape index (κ3) is 11.3. The second kappa shape index (κ2) is 11.3. The molecule has 0 aliphatic heterocycles. The van der Waals surface area contributed by atoms with E-state index in [2.05, 4.69) is 31.4 Å². The van der Waals surface area contributed by atoms with E-state index >= 15 is 0 Å². The SMILES string of the molecule is C=CCCCCCCC=C=CCC. The predicted octanol–water partition coefficient (Wildman–Crippen LogP) is 4.63. The minimum Gasteiger partial charge on any atom is -0.130 e. The van der Waals surface area contributed by atoms with Gasteiger partial charge in [-0.3, -0.25) is 0 Å². The highest BCUT2D eigenvalue weighted by atomic mass is 13.9. The van der Waals surface area contributed by atoms with Gasteiger partial charge in [-0.05, 0) is 44.3 Å². The first-order chi connectivity index (χ1) is 6.41. The molecule has 0 unspecified atom stereocenters. The molecule has 0 aliphatic rings. The fourth-order valence-electron chi connectivity index (χ4n) is 1.17. The summed E-state index contributed by atoms with van der Waals surface area (Å²) in [4.78, 5) is 0. The lowest BCUT2D eigenvalue weighted by molar-refractivity contribution is 0.653. The normalized spacial score (nSPS) is 9.00. The maximum atomic E-state index is 3.71. The first-order valence-electron chi connectivity index (χ1n) is 5.42.